The van der Waals surface area contributed by atoms with E-state index in [-0.39, 0.29) is 10.9 Å². The summed E-state index contributed by atoms with van der Waals surface area (Å²) in [5, 5.41) is 10.4. The Hall–Kier alpha value is -1.38. The molecule has 0 aromatic heterocycles. The summed E-state index contributed by atoms with van der Waals surface area (Å²) in [6.45, 7) is 0. The van der Waals surface area contributed by atoms with Crippen LogP contribution in [0.4, 0.5) is 4.39 Å². The minimum atomic E-state index is -0.430. The van der Waals surface area contributed by atoms with Crippen LogP contribution in [0, 0.1) is 11.7 Å². The van der Waals surface area contributed by atoms with E-state index in [0.717, 1.165) is 12.0 Å². The molecule has 0 aliphatic heterocycles. The first-order valence-corrected chi connectivity index (χ1v) is 7.20. The Morgan fingerprint density at radius 3 is 2.65 bits per heavy atom. The molecule has 0 amide bonds. The summed E-state index contributed by atoms with van der Waals surface area (Å²) in [4.78, 5) is 0. The molecule has 20 heavy (non-hydrogen) atoms. The molecule has 1 N–H and O–H groups in total. The van der Waals surface area contributed by atoms with Gasteiger partial charge in [0.15, 0.2) is 0 Å². The lowest BCUT2D eigenvalue weighted by Gasteiger charge is -2.11. The molecule has 0 radical (unpaired) electrons. The number of hydrogen-bond acceptors (Lipinski definition) is 1. The first-order valence-electron chi connectivity index (χ1n) is 6.82. The van der Waals surface area contributed by atoms with Crippen molar-refractivity contribution in [1.29, 1.82) is 0 Å². The Morgan fingerprint density at radius 1 is 1.20 bits per heavy atom. The summed E-state index contributed by atoms with van der Waals surface area (Å²) in [5.41, 5.74) is 2.07. The van der Waals surface area contributed by atoms with Gasteiger partial charge in [-0.1, -0.05) is 48.0 Å². The smallest absolute Gasteiger partial charge is 0.142 e. The van der Waals surface area contributed by atoms with Crippen LogP contribution >= 0.6 is 11.6 Å². The van der Waals surface area contributed by atoms with E-state index in [9.17, 15) is 9.50 Å². The Labute approximate surface area is 123 Å². The van der Waals surface area contributed by atoms with Gasteiger partial charge >= 0.3 is 0 Å². The maximum absolute atomic E-state index is 13.4. The van der Waals surface area contributed by atoms with Crippen molar-refractivity contribution in [3.05, 3.63) is 70.5 Å². The molecular weight excluding hydrogens is 275 g/mol. The fraction of sp³-hybridized carbons (Fsp3) is 0.294. The van der Waals surface area contributed by atoms with Crippen molar-refractivity contribution in [2.24, 2.45) is 5.92 Å². The third kappa shape index (κ3) is 2.87. The average Bonchev–Trinajstić information content (AvgIpc) is 3.24. The molecular formula is C17H16ClFO. The molecule has 1 aliphatic carbocycles. The Morgan fingerprint density at radius 2 is 1.95 bits per heavy atom. The lowest BCUT2D eigenvalue weighted by molar-refractivity contribution is 0.149. The van der Waals surface area contributed by atoms with Crippen LogP contribution in [-0.2, 0) is 6.42 Å². The molecule has 2 aromatic rings. The zero-order valence-electron chi connectivity index (χ0n) is 11.0. The molecule has 3 unspecified atom stereocenters. The summed E-state index contributed by atoms with van der Waals surface area (Å²) in [6.07, 6.45) is 1.05. The number of benzene rings is 2. The second-order valence-corrected chi connectivity index (χ2v) is 5.84. The average molecular weight is 291 g/mol. The molecule has 0 heterocycles. The van der Waals surface area contributed by atoms with Gasteiger partial charge in [0.05, 0.1) is 11.1 Å². The van der Waals surface area contributed by atoms with Crippen LogP contribution in [0.1, 0.15) is 23.5 Å². The molecule has 2 aromatic carbocycles. The van der Waals surface area contributed by atoms with E-state index < -0.39 is 11.9 Å². The molecule has 0 saturated heterocycles. The number of rotatable bonds is 4. The highest BCUT2D eigenvalue weighted by Crippen LogP contribution is 2.50. The highest BCUT2D eigenvalue weighted by atomic mass is 35.5. The molecule has 3 rings (SSSR count). The maximum atomic E-state index is 13.4. The minimum Gasteiger partial charge on any atom is -0.392 e. The first kappa shape index (κ1) is 13.6. The molecule has 3 atom stereocenters. The highest BCUT2D eigenvalue weighted by molar-refractivity contribution is 6.30. The van der Waals surface area contributed by atoms with Gasteiger partial charge in [0.25, 0.3) is 0 Å². The Bertz CT molecular complexity index is 599. The van der Waals surface area contributed by atoms with Gasteiger partial charge in [-0.25, -0.2) is 4.39 Å². The lowest BCUT2D eigenvalue weighted by atomic mass is 10.0. The molecule has 0 spiro atoms. The van der Waals surface area contributed by atoms with E-state index in [2.05, 4.69) is 12.1 Å². The highest BCUT2D eigenvalue weighted by Gasteiger charge is 2.42. The lowest BCUT2D eigenvalue weighted by Crippen LogP contribution is -2.14. The molecule has 1 fully saturated rings. The van der Waals surface area contributed by atoms with E-state index in [0.29, 0.717) is 12.3 Å². The van der Waals surface area contributed by atoms with Gasteiger partial charge in [0, 0.05) is 0 Å². The summed E-state index contributed by atoms with van der Waals surface area (Å²) in [7, 11) is 0. The largest absolute Gasteiger partial charge is 0.392 e. The van der Waals surface area contributed by atoms with Crippen LogP contribution in [0.5, 0.6) is 0 Å². The molecule has 1 aliphatic rings. The second kappa shape index (κ2) is 5.55. The van der Waals surface area contributed by atoms with E-state index in [1.54, 1.807) is 12.1 Å². The first-order chi connectivity index (χ1) is 9.65. The van der Waals surface area contributed by atoms with Crippen LogP contribution in [0.15, 0.2) is 48.5 Å². The van der Waals surface area contributed by atoms with E-state index in [1.165, 1.54) is 11.6 Å². The van der Waals surface area contributed by atoms with Crippen molar-refractivity contribution in [3.63, 3.8) is 0 Å². The van der Waals surface area contributed by atoms with Crippen molar-refractivity contribution in [1.82, 2.24) is 0 Å². The monoisotopic (exact) mass is 290 g/mol. The Balaban J connectivity index is 1.63. The van der Waals surface area contributed by atoms with Gasteiger partial charge in [-0.15, -0.1) is 0 Å². The molecule has 1 saturated carbocycles. The zero-order chi connectivity index (χ0) is 14.1. The summed E-state index contributed by atoms with van der Waals surface area (Å²) in [6, 6.07) is 14.9. The van der Waals surface area contributed by atoms with Gasteiger partial charge < -0.3 is 5.11 Å². The number of hydrogen-bond donors (Lipinski definition) is 1. The number of aliphatic hydroxyl groups excluding tert-OH is 1. The SMILES string of the molecule is OC(Cc1ccc(Cl)c(F)c1)C1CC1c1ccccc1. The van der Waals surface area contributed by atoms with Crippen molar-refractivity contribution in [3.8, 4) is 0 Å². The van der Waals surface area contributed by atoms with Crippen LogP contribution in [0.3, 0.4) is 0 Å². The van der Waals surface area contributed by atoms with Crippen LogP contribution in [0.2, 0.25) is 5.02 Å². The fourth-order valence-electron chi connectivity index (χ4n) is 2.78. The topological polar surface area (TPSA) is 20.2 Å². The van der Waals surface area contributed by atoms with Crippen LogP contribution in [0.25, 0.3) is 0 Å². The van der Waals surface area contributed by atoms with Gasteiger partial charge in [-0.3, -0.25) is 0 Å². The van der Waals surface area contributed by atoms with Crippen molar-refractivity contribution >= 4 is 11.6 Å². The summed E-state index contributed by atoms with van der Waals surface area (Å²) in [5.74, 6) is 0.284. The normalized spacial score (nSPS) is 22.6. The van der Waals surface area contributed by atoms with Gasteiger partial charge in [-0.05, 0) is 47.9 Å². The predicted molar refractivity (Wildman–Crippen MR) is 78.4 cm³/mol. The van der Waals surface area contributed by atoms with E-state index in [1.807, 2.05) is 18.2 Å². The fourth-order valence-corrected chi connectivity index (χ4v) is 2.90. The van der Waals surface area contributed by atoms with Gasteiger partial charge in [0.2, 0.25) is 0 Å². The number of aliphatic hydroxyl groups is 1. The van der Waals surface area contributed by atoms with Crippen LogP contribution in [-0.4, -0.2) is 11.2 Å². The van der Waals surface area contributed by atoms with Crippen molar-refractivity contribution in [2.75, 3.05) is 0 Å². The molecule has 3 heteroatoms. The molecule has 1 nitrogen and oxygen atoms in total. The van der Waals surface area contributed by atoms with Gasteiger partial charge in [-0.2, -0.15) is 0 Å². The van der Waals surface area contributed by atoms with E-state index in [4.69, 9.17) is 11.6 Å². The standard InChI is InChI=1S/C17H16ClFO/c18-15-7-6-11(8-16(15)19)9-17(20)14-10-13(14)12-4-2-1-3-5-12/h1-8,13-14,17,20H,9-10H2. The van der Waals surface area contributed by atoms with Gasteiger partial charge in [0.1, 0.15) is 5.82 Å². The summed E-state index contributed by atoms with van der Waals surface area (Å²) >= 11 is 5.66. The second-order valence-electron chi connectivity index (χ2n) is 5.44. The number of halogens is 2. The summed E-state index contributed by atoms with van der Waals surface area (Å²) < 4.78 is 13.4. The third-order valence-corrected chi connectivity index (χ3v) is 4.30. The van der Waals surface area contributed by atoms with Crippen molar-refractivity contribution in [2.45, 2.75) is 24.9 Å². The van der Waals surface area contributed by atoms with E-state index >= 15 is 0 Å². The van der Waals surface area contributed by atoms with Crippen molar-refractivity contribution < 1.29 is 9.50 Å². The zero-order valence-corrected chi connectivity index (χ0v) is 11.7. The molecule has 0 bridgehead atoms. The maximum Gasteiger partial charge on any atom is 0.142 e. The quantitative estimate of drug-likeness (QED) is 0.895. The Kier molecular flexibility index (Phi) is 3.77. The minimum absolute atomic E-state index is 0.122. The van der Waals surface area contributed by atoms with Crippen LogP contribution < -0.4 is 0 Å². The third-order valence-electron chi connectivity index (χ3n) is 3.99. The predicted octanol–water partition coefficient (Wildman–Crippen LogP) is 4.19. The molecule has 104 valence electrons.